The summed E-state index contributed by atoms with van der Waals surface area (Å²) in [5.74, 6) is 1.79. The Balaban J connectivity index is 2.60. The van der Waals surface area contributed by atoms with Gasteiger partial charge in [0.05, 0.1) is 7.11 Å². The van der Waals surface area contributed by atoms with Crippen molar-refractivity contribution in [1.82, 2.24) is 5.32 Å². The maximum absolute atomic E-state index is 13.1. The number of unbranched alkanes of at least 4 members (excludes halogenated alkanes) is 1. The zero-order chi connectivity index (χ0) is 12.7. The van der Waals surface area contributed by atoms with E-state index in [1.165, 1.54) is 25.3 Å². The Labute approximate surface area is 100.0 Å². The molecule has 1 aromatic rings. The van der Waals surface area contributed by atoms with E-state index in [-0.39, 0.29) is 11.7 Å². The Morgan fingerprint density at radius 2 is 2.35 bits per heavy atom. The second-order valence-corrected chi connectivity index (χ2v) is 3.41. The third-order valence-electron chi connectivity index (χ3n) is 2.20. The Kier molecular flexibility index (Phi) is 5.02. The highest BCUT2D eigenvalue weighted by Crippen LogP contribution is 2.17. The lowest BCUT2D eigenvalue weighted by Crippen LogP contribution is -2.24. The van der Waals surface area contributed by atoms with Gasteiger partial charge in [-0.05, 0) is 24.6 Å². The molecule has 0 unspecified atom stereocenters. The number of carbonyl (C=O) groups excluding carboxylic acids is 1. The first-order valence-electron chi connectivity index (χ1n) is 5.24. The molecule has 0 aliphatic carbocycles. The van der Waals surface area contributed by atoms with Crippen LogP contribution in [-0.4, -0.2) is 19.6 Å². The molecular weight excluding hydrogens is 221 g/mol. The number of hydrogen-bond donors (Lipinski definition) is 1. The van der Waals surface area contributed by atoms with Gasteiger partial charge in [0.2, 0.25) is 0 Å². The fraction of sp³-hybridized carbons (Fsp3) is 0.308. The van der Waals surface area contributed by atoms with Crippen molar-refractivity contribution in [2.45, 2.75) is 12.8 Å². The Morgan fingerprint density at radius 3 is 3.00 bits per heavy atom. The van der Waals surface area contributed by atoms with Gasteiger partial charge in [0.25, 0.3) is 5.91 Å². The molecule has 0 spiro atoms. The monoisotopic (exact) mass is 235 g/mol. The van der Waals surface area contributed by atoms with E-state index in [1.807, 2.05) is 0 Å². The van der Waals surface area contributed by atoms with Gasteiger partial charge in [0, 0.05) is 18.5 Å². The molecule has 0 saturated carbocycles. The van der Waals surface area contributed by atoms with Crippen LogP contribution in [0.4, 0.5) is 4.39 Å². The third kappa shape index (κ3) is 3.80. The van der Waals surface area contributed by atoms with Gasteiger partial charge in [0.1, 0.15) is 0 Å². The van der Waals surface area contributed by atoms with E-state index in [0.29, 0.717) is 18.5 Å². The summed E-state index contributed by atoms with van der Waals surface area (Å²) < 4.78 is 17.9. The van der Waals surface area contributed by atoms with Crippen LogP contribution >= 0.6 is 0 Å². The van der Waals surface area contributed by atoms with Crippen LogP contribution in [0.2, 0.25) is 0 Å². The van der Waals surface area contributed by atoms with Gasteiger partial charge < -0.3 is 10.1 Å². The van der Waals surface area contributed by atoms with Crippen LogP contribution in [0, 0.1) is 18.2 Å². The van der Waals surface area contributed by atoms with E-state index in [9.17, 15) is 9.18 Å². The SMILES string of the molecule is C#CCCCNC(=O)c1ccc(F)c(OC)c1. The molecule has 0 heterocycles. The number of hydrogen-bond acceptors (Lipinski definition) is 2. The fourth-order valence-corrected chi connectivity index (χ4v) is 1.30. The minimum atomic E-state index is -0.489. The van der Waals surface area contributed by atoms with Crippen molar-refractivity contribution in [2.24, 2.45) is 0 Å². The highest BCUT2D eigenvalue weighted by Gasteiger charge is 2.09. The average molecular weight is 235 g/mol. The van der Waals surface area contributed by atoms with Crippen LogP contribution in [0.25, 0.3) is 0 Å². The smallest absolute Gasteiger partial charge is 0.251 e. The second-order valence-electron chi connectivity index (χ2n) is 3.41. The van der Waals surface area contributed by atoms with Crippen LogP contribution in [0.3, 0.4) is 0 Å². The molecule has 90 valence electrons. The maximum atomic E-state index is 13.1. The number of amides is 1. The van der Waals surface area contributed by atoms with Gasteiger partial charge >= 0.3 is 0 Å². The summed E-state index contributed by atoms with van der Waals surface area (Å²) in [5, 5.41) is 2.69. The number of halogens is 1. The van der Waals surface area contributed by atoms with Gasteiger partial charge in [-0.3, -0.25) is 4.79 Å². The number of terminal acetylenes is 1. The van der Waals surface area contributed by atoms with Crippen LogP contribution < -0.4 is 10.1 Å². The molecular formula is C13H14FNO2. The normalized spacial score (nSPS) is 9.47. The van der Waals surface area contributed by atoms with Crippen molar-refractivity contribution in [3.63, 3.8) is 0 Å². The number of rotatable bonds is 5. The van der Waals surface area contributed by atoms with Crippen LogP contribution in [0.5, 0.6) is 5.75 Å². The number of ether oxygens (including phenoxy) is 1. The number of benzene rings is 1. The minimum absolute atomic E-state index is 0.0567. The summed E-state index contributed by atoms with van der Waals surface area (Å²) in [6.07, 6.45) is 6.43. The summed E-state index contributed by atoms with van der Waals surface area (Å²) in [6, 6.07) is 3.98. The first-order chi connectivity index (χ1) is 8.19. The van der Waals surface area contributed by atoms with Crippen LogP contribution in [0.1, 0.15) is 23.2 Å². The van der Waals surface area contributed by atoms with E-state index >= 15 is 0 Å². The van der Waals surface area contributed by atoms with Gasteiger partial charge in [-0.25, -0.2) is 4.39 Å². The molecule has 1 rings (SSSR count). The predicted octanol–water partition coefficient (Wildman–Crippen LogP) is 1.98. The Bertz CT molecular complexity index is 438. The van der Waals surface area contributed by atoms with E-state index in [4.69, 9.17) is 11.2 Å². The molecule has 0 fully saturated rings. The predicted molar refractivity (Wildman–Crippen MR) is 63.4 cm³/mol. The molecule has 0 bridgehead atoms. The largest absolute Gasteiger partial charge is 0.494 e. The molecule has 0 atom stereocenters. The summed E-state index contributed by atoms with van der Waals surface area (Å²) in [5.41, 5.74) is 0.365. The van der Waals surface area contributed by atoms with Gasteiger partial charge in [0.15, 0.2) is 11.6 Å². The highest BCUT2D eigenvalue weighted by molar-refractivity contribution is 5.94. The van der Waals surface area contributed by atoms with Crippen molar-refractivity contribution in [2.75, 3.05) is 13.7 Å². The van der Waals surface area contributed by atoms with Gasteiger partial charge in [-0.2, -0.15) is 0 Å². The van der Waals surface area contributed by atoms with Crippen molar-refractivity contribution in [3.8, 4) is 18.1 Å². The molecule has 0 aliphatic heterocycles. The number of nitrogens with one attached hydrogen (secondary N) is 1. The Hall–Kier alpha value is -2.02. The van der Waals surface area contributed by atoms with E-state index in [2.05, 4.69) is 11.2 Å². The number of carbonyl (C=O) groups is 1. The van der Waals surface area contributed by atoms with Crippen molar-refractivity contribution < 1.29 is 13.9 Å². The molecule has 0 aliphatic rings. The van der Waals surface area contributed by atoms with Gasteiger partial charge in [-0.15, -0.1) is 12.3 Å². The summed E-state index contributed by atoms with van der Waals surface area (Å²) in [6.45, 7) is 0.503. The average Bonchev–Trinajstić information content (AvgIpc) is 2.35. The molecule has 3 nitrogen and oxygen atoms in total. The zero-order valence-electron chi connectivity index (χ0n) is 9.63. The Morgan fingerprint density at radius 1 is 1.59 bits per heavy atom. The third-order valence-corrected chi connectivity index (χ3v) is 2.20. The topological polar surface area (TPSA) is 38.3 Å². The number of methoxy groups -OCH3 is 1. The first-order valence-corrected chi connectivity index (χ1v) is 5.24. The lowest BCUT2D eigenvalue weighted by Gasteiger charge is -2.06. The van der Waals surface area contributed by atoms with Crippen molar-refractivity contribution in [3.05, 3.63) is 29.6 Å². The molecule has 1 N–H and O–H groups in total. The molecule has 17 heavy (non-hydrogen) atoms. The van der Waals surface area contributed by atoms with Crippen LogP contribution in [-0.2, 0) is 0 Å². The van der Waals surface area contributed by atoms with Crippen LogP contribution in [0.15, 0.2) is 18.2 Å². The molecule has 1 amide bonds. The highest BCUT2D eigenvalue weighted by atomic mass is 19.1. The standard InChI is InChI=1S/C13H14FNO2/c1-3-4-5-8-15-13(16)10-6-7-11(14)12(9-10)17-2/h1,6-7,9H,4-5,8H2,2H3,(H,15,16). The zero-order valence-corrected chi connectivity index (χ0v) is 9.63. The summed E-state index contributed by atoms with van der Waals surface area (Å²) in [4.78, 5) is 11.6. The summed E-state index contributed by atoms with van der Waals surface area (Å²) >= 11 is 0. The lowest BCUT2D eigenvalue weighted by molar-refractivity contribution is 0.0953. The minimum Gasteiger partial charge on any atom is -0.494 e. The quantitative estimate of drug-likeness (QED) is 0.626. The molecule has 0 aromatic heterocycles. The fourth-order valence-electron chi connectivity index (χ4n) is 1.30. The van der Waals surface area contributed by atoms with E-state index in [0.717, 1.165) is 6.42 Å². The summed E-state index contributed by atoms with van der Waals surface area (Å²) in [7, 11) is 1.35. The first kappa shape index (κ1) is 13.0. The molecule has 0 radical (unpaired) electrons. The van der Waals surface area contributed by atoms with E-state index < -0.39 is 5.82 Å². The maximum Gasteiger partial charge on any atom is 0.251 e. The molecule has 0 saturated heterocycles. The molecule has 1 aromatic carbocycles. The second kappa shape index (κ2) is 6.54. The lowest BCUT2D eigenvalue weighted by atomic mass is 10.2. The van der Waals surface area contributed by atoms with Crippen molar-refractivity contribution >= 4 is 5.91 Å². The van der Waals surface area contributed by atoms with Gasteiger partial charge in [-0.1, -0.05) is 0 Å². The van der Waals surface area contributed by atoms with Crippen molar-refractivity contribution in [1.29, 1.82) is 0 Å². The van der Waals surface area contributed by atoms with E-state index in [1.54, 1.807) is 0 Å². The molecule has 4 heteroatoms.